The molecule has 0 spiro atoms. The van der Waals surface area contributed by atoms with Crippen molar-refractivity contribution >= 4 is 29.3 Å². The first-order valence-corrected chi connectivity index (χ1v) is 10.0. The Kier molecular flexibility index (Phi) is 6.47. The first-order valence-electron chi connectivity index (χ1n) is 8.48. The Morgan fingerprint density at radius 1 is 1.19 bits per heavy atom. The summed E-state index contributed by atoms with van der Waals surface area (Å²) in [6.07, 6.45) is 0. The monoisotopic (exact) mass is 401 g/mol. The van der Waals surface area contributed by atoms with Crippen LogP contribution >= 0.6 is 23.4 Å². The largest absolute Gasteiger partial charge is 0.338 e. The molecule has 0 aliphatic rings. The summed E-state index contributed by atoms with van der Waals surface area (Å²) in [6.45, 7) is 2.00. The minimum absolute atomic E-state index is 0.0231. The molecular formula is C19H20ClN5OS. The Morgan fingerprint density at radius 2 is 1.89 bits per heavy atom. The number of benzene rings is 2. The summed E-state index contributed by atoms with van der Waals surface area (Å²) in [5, 5.41) is 12.5. The van der Waals surface area contributed by atoms with Crippen LogP contribution in [0.25, 0.3) is 5.69 Å². The van der Waals surface area contributed by atoms with Crippen molar-refractivity contribution in [2.45, 2.75) is 18.7 Å². The van der Waals surface area contributed by atoms with Crippen molar-refractivity contribution in [1.29, 1.82) is 0 Å². The number of rotatable bonds is 7. The van der Waals surface area contributed by atoms with Crippen LogP contribution in [0, 0.1) is 0 Å². The van der Waals surface area contributed by atoms with Crippen LogP contribution in [0.5, 0.6) is 0 Å². The van der Waals surface area contributed by atoms with Gasteiger partial charge in [-0.15, -0.1) is 16.9 Å². The smallest absolute Gasteiger partial charge is 0.232 e. The zero-order valence-electron chi connectivity index (χ0n) is 15.1. The van der Waals surface area contributed by atoms with Crippen LogP contribution in [0.3, 0.4) is 0 Å². The molecule has 0 saturated carbocycles. The van der Waals surface area contributed by atoms with E-state index in [-0.39, 0.29) is 11.9 Å². The van der Waals surface area contributed by atoms with Gasteiger partial charge in [-0.2, -0.15) is 4.68 Å². The van der Waals surface area contributed by atoms with Crippen molar-refractivity contribution in [1.82, 2.24) is 25.1 Å². The van der Waals surface area contributed by atoms with E-state index < -0.39 is 0 Å². The Labute approximate surface area is 167 Å². The Bertz CT molecular complexity index is 885. The molecule has 1 atom stereocenters. The summed E-state index contributed by atoms with van der Waals surface area (Å²) in [5.41, 5.74) is 1.95. The molecule has 0 aliphatic carbocycles. The zero-order valence-corrected chi connectivity index (χ0v) is 16.7. The van der Waals surface area contributed by atoms with E-state index in [9.17, 15) is 4.79 Å². The maximum absolute atomic E-state index is 12.5. The maximum atomic E-state index is 12.5. The van der Waals surface area contributed by atoms with E-state index in [1.807, 2.05) is 68.6 Å². The predicted molar refractivity (Wildman–Crippen MR) is 108 cm³/mol. The van der Waals surface area contributed by atoms with E-state index in [1.54, 1.807) is 9.58 Å². The third-order valence-electron chi connectivity index (χ3n) is 4.32. The van der Waals surface area contributed by atoms with Crippen molar-refractivity contribution in [2.75, 3.05) is 12.8 Å². The maximum Gasteiger partial charge on any atom is 0.232 e. The SMILES string of the molecule is CC(c1ccc(Cl)cc1)N(C)C(=O)CSCc1nnnn1-c1ccccc1. The minimum Gasteiger partial charge on any atom is -0.338 e. The van der Waals surface area contributed by atoms with Gasteiger partial charge in [-0.1, -0.05) is 41.9 Å². The van der Waals surface area contributed by atoms with Gasteiger partial charge in [0.1, 0.15) is 0 Å². The number of hydrogen-bond donors (Lipinski definition) is 0. The summed E-state index contributed by atoms with van der Waals surface area (Å²) < 4.78 is 1.69. The number of nitrogens with zero attached hydrogens (tertiary/aromatic N) is 5. The average Bonchev–Trinajstić information content (AvgIpc) is 3.16. The highest BCUT2D eigenvalue weighted by Crippen LogP contribution is 2.22. The average molecular weight is 402 g/mol. The molecule has 0 saturated heterocycles. The van der Waals surface area contributed by atoms with E-state index in [0.717, 1.165) is 11.3 Å². The molecule has 140 valence electrons. The number of hydrogen-bond acceptors (Lipinski definition) is 5. The molecule has 3 rings (SSSR count). The van der Waals surface area contributed by atoms with Crippen molar-refractivity contribution in [3.8, 4) is 5.69 Å². The topological polar surface area (TPSA) is 63.9 Å². The normalized spacial score (nSPS) is 12.0. The number of amides is 1. The third-order valence-corrected chi connectivity index (χ3v) is 5.48. The molecule has 1 heterocycles. The Morgan fingerprint density at radius 3 is 2.59 bits per heavy atom. The molecular weight excluding hydrogens is 382 g/mol. The Hall–Kier alpha value is -2.38. The van der Waals surface area contributed by atoms with Gasteiger partial charge in [-0.25, -0.2) is 0 Å². The van der Waals surface area contributed by atoms with E-state index in [1.165, 1.54) is 11.8 Å². The molecule has 8 heteroatoms. The molecule has 0 aliphatic heterocycles. The zero-order chi connectivity index (χ0) is 19.2. The lowest BCUT2D eigenvalue weighted by atomic mass is 10.1. The fraction of sp³-hybridized carbons (Fsp3) is 0.263. The highest BCUT2D eigenvalue weighted by Gasteiger charge is 2.18. The molecule has 27 heavy (non-hydrogen) atoms. The standard InChI is InChI=1S/C19H20ClN5OS/c1-14(15-8-10-16(20)11-9-15)24(2)19(26)13-27-12-18-21-22-23-25(18)17-6-4-3-5-7-17/h3-11,14H,12-13H2,1-2H3. The second-order valence-corrected chi connectivity index (χ2v) is 7.49. The quantitative estimate of drug-likeness (QED) is 0.603. The van der Waals surface area contributed by atoms with Gasteiger partial charge in [0.15, 0.2) is 5.82 Å². The fourth-order valence-corrected chi connectivity index (χ4v) is 3.55. The second-order valence-electron chi connectivity index (χ2n) is 6.07. The molecule has 0 bridgehead atoms. The lowest BCUT2D eigenvalue weighted by Gasteiger charge is -2.25. The number of carbonyl (C=O) groups is 1. The summed E-state index contributed by atoms with van der Waals surface area (Å²) in [6, 6.07) is 17.2. The van der Waals surface area contributed by atoms with Crippen molar-refractivity contribution in [2.24, 2.45) is 0 Å². The molecule has 3 aromatic rings. The summed E-state index contributed by atoms with van der Waals surface area (Å²) >= 11 is 7.43. The van der Waals surface area contributed by atoms with E-state index in [0.29, 0.717) is 22.4 Å². The van der Waals surface area contributed by atoms with Crippen LogP contribution in [0.1, 0.15) is 24.4 Å². The summed E-state index contributed by atoms with van der Waals surface area (Å²) in [5.74, 6) is 1.68. The highest BCUT2D eigenvalue weighted by molar-refractivity contribution is 7.99. The molecule has 0 radical (unpaired) electrons. The molecule has 1 amide bonds. The molecule has 1 unspecified atom stereocenters. The van der Waals surface area contributed by atoms with Crippen LogP contribution in [0.4, 0.5) is 0 Å². The van der Waals surface area contributed by atoms with Gasteiger partial charge in [-0.3, -0.25) is 4.79 Å². The van der Waals surface area contributed by atoms with Crippen LogP contribution in [0.2, 0.25) is 5.02 Å². The van der Waals surface area contributed by atoms with Crippen LogP contribution in [0.15, 0.2) is 54.6 Å². The van der Waals surface area contributed by atoms with E-state index in [2.05, 4.69) is 15.5 Å². The third kappa shape index (κ3) is 4.87. The lowest BCUT2D eigenvalue weighted by molar-refractivity contribution is -0.128. The fourth-order valence-electron chi connectivity index (χ4n) is 2.58. The predicted octanol–water partition coefficient (Wildman–Crippen LogP) is 3.77. The highest BCUT2D eigenvalue weighted by atomic mass is 35.5. The van der Waals surface area contributed by atoms with Crippen LogP contribution in [-0.4, -0.2) is 43.8 Å². The van der Waals surface area contributed by atoms with E-state index in [4.69, 9.17) is 11.6 Å². The lowest BCUT2D eigenvalue weighted by Crippen LogP contribution is -2.31. The van der Waals surface area contributed by atoms with Crippen molar-refractivity contribution in [3.05, 3.63) is 71.0 Å². The van der Waals surface area contributed by atoms with Gasteiger partial charge in [0, 0.05) is 12.1 Å². The molecule has 1 aromatic heterocycles. The number of aromatic nitrogens is 4. The van der Waals surface area contributed by atoms with Gasteiger partial charge in [0.2, 0.25) is 5.91 Å². The first kappa shape index (κ1) is 19.4. The van der Waals surface area contributed by atoms with Gasteiger partial charge in [0.05, 0.1) is 23.2 Å². The first-order chi connectivity index (χ1) is 13.1. The molecule has 0 N–H and O–H groups in total. The van der Waals surface area contributed by atoms with Gasteiger partial charge >= 0.3 is 0 Å². The van der Waals surface area contributed by atoms with Crippen molar-refractivity contribution < 1.29 is 4.79 Å². The van der Waals surface area contributed by atoms with Gasteiger partial charge < -0.3 is 4.90 Å². The number of thioether (sulfide) groups is 1. The van der Waals surface area contributed by atoms with Gasteiger partial charge in [-0.05, 0) is 47.2 Å². The Balaban J connectivity index is 1.55. The summed E-state index contributed by atoms with van der Waals surface area (Å²) in [4.78, 5) is 14.3. The minimum atomic E-state index is -0.0231. The molecule has 6 nitrogen and oxygen atoms in total. The summed E-state index contributed by atoms with van der Waals surface area (Å²) in [7, 11) is 1.82. The van der Waals surface area contributed by atoms with Crippen LogP contribution < -0.4 is 0 Å². The molecule has 2 aromatic carbocycles. The van der Waals surface area contributed by atoms with Gasteiger partial charge in [0.25, 0.3) is 0 Å². The number of tetrazole rings is 1. The van der Waals surface area contributed by atoms with Crippen molar-refractivity contribution in [3.63, 3.8) is 0 Å². The second kappa shape index (κ2) is 9.01. The number of para-hydroxylation sites is 1. The van der Waals surface area contributed by atoms with E-state index >= 15 is 0 Å². The number of halogens is 1. The number of carbonyl (C=O) groups excluding carboxylic acids is 1. The molecule has 0 fully saturated rings. The van der Waals surface area contributed by atoms with Crippen LogP contribution in [-0.2, 0) is 10.5 Å².